The molecule has 0 saturated heterocycles. The predicted molar refractivity (Wildman–Crippen MR) is 59.6 cm³/mol. The number of rotatable bonds is 2. The molecule has 16 heavy (non-hydrogen) atoms. The van der Waals surface area contributed by atoms with Crippen molar-refractivity contribution < 1.29 is 19.7 Å². The van der Waals surface area contributed by atoms with Gasteiger partial charge in [-0.3, -0.25) is 0 Å². The van der Waals surface area contributed by atoms with Crippen molar-refractivity contribution in [2.24, 2.45) is 0 Å². The third-order valence-electron chi connectivity index (χ3n) is 2.43. The average molecular weight is 245 g/mol. The molecule has 0 amide bonds. The van der Waals surface area contributed by atoms with Crippen LogP contribution in [-0.2, 0) is 9.53 Å². The second-order valence-corrected chi connectivity index (χ2v) is 3.90. The van der Waals surface area contributed by atoms with Crippen molar-refractivity contribution in [1.29, 1.82) is 0 Å². The second kappa shape index (κ2) is 4.72. The van der Waals surface area contributed by atoms with Crippen molar-refractivity contribution in [3.8, 4) is 5.75 Å². The van der Waals surface area contributed by atoms with Gasteiger partial charge in [-0.15, -0.1) is 0 Å². The minimum absolute atomic E-state index is 0.0161. The van der Waals surface area contributed by atoms with Crippen LogP contribution in [-0.4, -0.2) is 23.3 Å². The lowest BCUT2D eigenvalue weighted by atomic mass is 9.99. The van der Waals surface area contributed by atoms with E-state index in [0.29, 0.717) is 11.1 Å². The number of aromatic hydroxyl groups is 1. The Bertz CT molecular complexity index is 428. The summed E-state index contributed by atoms with van der Waals surface area (Å²) >= 11 is 5.92. The molecule has 0 fully saturated rings. The maximum Gasteiger partial charge on any atom is 0.339 e. The number of halogens is 1. The first-order valence-corrected chi connectivity index (χ1v) is 5.02. The van der Waals surface area contributed by atoms with Crippen LogP contribution in [0, 0.1) is 13.8 Å². The van der Waals surface area contributed by atoms with Crippen LogP contribution >= 0.6 is 11.6 Å². The van der Waals surface area contributed by atoms with Crippen LogP contribution in [0.3, 0.4) is 0 Å². The van der Waals surface area contributed by atoms with E-state index in [-0.39, 0.29) is 16.3 Å². The van der Waals surface area contributed by atoms with Crippen LogP contribution in [0.1, 0.15) is 22.8 Å². The first-order valence-electron chi connectivity index (χ1n) is 4.64. The number of aryl methyl sites for hydroxylation is 1. The van der Waals surface area contributed by atoms with E-state index in [4.69, 9.17) is 11.6 Å². The van der Waals surface area contributed by atoms with Gasteiger partial charge < -0.3 is 14.9 Å². The highest BCUT2D eigenvalue weighted by atomic mass is 35.5. The van der Waals surface area contributed by atoms with E-state index in [1.54, 1.807) is 13.8 Å². The Morgan fingerprint density at radius 2 is 2.06 bits per heavy atom. The second-order valence-electron chi connectivity index (χ2n) is 3.49. The molecular formula is C11H13ClO4. The number of methoxy groups -OCH3 is 1. The summed E-state index contributed by atoms with van der Waals surface area (Å²) in [5.74, 6) is -0.796. The Hall–Kier alpha value is -1.26. The van der Waals surface area contributed by atoms with Crippen LogP contribution in [0.25, 0.3) is 0 Å². The lowest BCUT2D eigenvalue weighted by Gasteiger charge is -2.15. The van der Waals surface area contributed by atoms with Gasteiger partial charge in [-0.2, -0.15) is 0 Å². The zero-order valence-electron chi connectivity index (χ0n) is 9.24. The molecular weight excluding hydrogens is 232 g/mol. The highest BCUT2D eigenvalue weighted by molar-refractivity contribution is 6.31. The number of carbonyl (C=O) groups excluding carboxylic acids is 1. The normalized spacial score (nSPS) is 12.3. The molecule has 1 rings (SSSR count). The molecule has 0 aliphatic rings. The molecule has 0 radical (unpaired) electrons. The number of hydrogen-bond donors (Lipinski definition) is 2. The van der Waals surface area contributed by atoms with Crippen molar-refractivity contribution in [3.05, 3.63) is 27.8 Å². The molecule has 1 aromatic carbocycles. The van der Waals surface area contributed by atoms with E-state index < -0.39 is 12.1 Å². The van der Waals surface area contributed by atoms with Gasteiger partial charge in [0.05, 0.1) is 7.11 Å². The summed E-state index contributed by atoms with van der Waals surface area (Å²) in [4.78, 5) is 11.2. The van der Waals surface area contributed by atoms with Crippen molar-refractivity contribution in [2.45, 2.75) is 20.0 Å². The van der Waals surface area contributed by atoms with Gasteiger partial charge in [0.2, 0.25) is 0 Å². The molecule has 88 valence electrons. The number of phenols is 1. The van der Waals surface area contributed by atoms with Gasteiger partial charge in [0.25, 0.3) is 0 Å². The summed E-state index contributed by atoms with van der Waals surface area (Å²) in [6.07, 6.45) is -1.48. The van der Waals surface area contributed by atoms with Gasteiger partial charge in [-0.05, 0) is 31.0 Å². The summed E-state index contributed by atoms with van der Waals surface area (Å²) < 4.78 is 4.42. The molecule has 1 unspecified atom stereocenters. The minimum Gasteiger partial charge on any atom is -0.507 e. The summed E-state index contributed by atoms with van der Waals surface area (Å²) in [5.41, 5.74) is 1.14. The van der Waals surface area contributed by atoms with Crippen molar-refractivity contribution >= 4 is 17.6 Å². The van der Waals surface area contributed by atoms with E-state index in [1.165, 1.54) is 13.2 Å². The number of aliphatic hydroxyl groups excluding tert-OH is 1. The summed E-state index contributed by atoms with van der Waals surface area (Å²) in [6.45, 7) is 3.26. The van der Waals surface area contributed by atoms with E-state index in [2.05, 4.69) is 4.74 Å². The molecule has 0 saturated carbocycles. The molecule has 4 nitrogen and oxygen atoms in total. The van der Waals surface area contributed by atoms with Gasteiger partial charge in [-0.1, -0.05) is 11.6 Å². The SMILES string of the molecule is COC(=O)C(O)c1c(Cl)cc(C)c(O)c1C. The zero-order chi connectivity index (χ0) is 12.5. The smallest absolute Gasteiger partial charge is 0.339 e. The minimum atomic E-state index is -1.48. The molecule has 0 bridgehead atoms. The first-order chi connectivity index (χ1) is 7.40. The van der Waals surface area contributed by atoms with Crippen LogP contribution in [0.5, 0.6) is 5.75 Å². The quantitative estimate of drug-likeness (QED) is 0.780. The van der Waals surface area contributed by atoms with Crippen molar-refractivity contribution in [3.63, 3.8) is 0 Å². The number of hydrogen-bond acceptors (Lipinski definition) is 4. The largest absolute Gasteiger partial charge is 0.507 e. The number of benzene rings is 1. The molecule has 0 heterocycles. The average Bonchev–Trinajstić information content (AvgIpc) is 2.24. The lowest BCUT2D eigenvalue weighted by Crippen LogP contribution is -2.15. The topological polar surface area (TPSA) is 66.8 Å². The van der Waals surface area contributed by atoms with Gasteiger partial charge in [0, 0.05) is 10.6 Å². The Labute approximate surface area is 98.4 Å². The van der Waals surface area contributed by atoms with Crippen LogP contribution in [0.2, 0.25) is 5.02 Å². The first kappa shape index (κ1) is 12.8. The number of phenolic OH excluding ortho intramolecular Hbond substituents is 1. The number of carbonyl (C=O) groups is 1. The summed E-state index contributed by atoms with van der Waals surface area (Å²) in [7, 11) is 1.17. The molecule has 0 aliphatic heterocycles. The maximum absolute atomic E-state index is 11.2. The van der Waals surface area contributed by atoms with E-state index in [1.807, 2.05) is 0 Å². The predicted octanol–water partition coefficient (Wildman–Crippen LogP) is 1.87. The fraction of sp³-hybridized carbons (Fsp3) is 0.364. The molecule has 1 atom stereocenters. The Morgan fingerprint density at radius 1 is 1.50 bits per heavy atom. The Morgan fingerprint density at radius 3 is 2.56 bits per heavy atom. The van der Waals surface area contributed by atoms with Gasteiger partial charge >= 0.3 is 5.97 Å². The summed E-state index contributed by atoms with van der Waals surface area (Å²) in [6, 6.07) is 1.49. The highest BCUT2D eigenvalue weighted by Gasteiger charge is 2.24. The van der Waals surface area contributed by atoms with Crippen LogP contribution < -0.4 is 0 Å². The van der Waals surface area contributed by atoms with Crippen molar-refractivity contribution in [2.75, 3.05) is 7.11 Å². The third kappa shape index (κ3) is 2.13. The third-order valence-corrected chi connectivity index (χ3v) is 2.74. The fourth-order valence-electron chi connectivity index (χ4n) is 1.50. The van der Waals surface area contributed by atoms with Gasteiger partial charge in [-0.25, -0.2) is 4.79 Å². The zero-order valence-corrected chi connectivity index (χ0v) is 10.00. The molecule has 5 heteroatoms. The summed E-state index contributed by atoms with van der Waals surface area (Å²) in [5, 5.41) is 19.6. The van der Waals surface area contributed by atoms with E-state index in [0.717, 1.165) is 0 Å². The van der Waals surface area contributed by atoms with E-state index in [9.17, 15) is 15.0 Å². The van der Waals surface area contributed by atoms with Crippen LogP contribution in [0.4, 0.5) is 0 Å². The molecule has 0 spiro atoms. The monoisotopic (exact) mass is 244 g/mol. The van der Waals surface area contributed by atoms with Crippen molar-refractivity contribution in [1.82, 2.24) is 0 Å². The molecule has 2 N–H and O–H groups in total. The molecule has 1 aromatic rings. The Balaban J connectivity index is 3.34. The standard InChI is InChI=1S/C11H13ClO4/c1-5-4-7(12)8(6(2)9(5)13)10(14)11(15)16-3/h4,10,13-14H,1-3H3. The highest BCUT2D eigenvalue weighted by Crippen LogP contribution is 2.35. The van der Waals surface area contributed by atoms with Crippen LogP contribution in [0.15, 0.2) is 6.07 Å². The number of esters is 1. The fourth-order valence-corrected chi connectivity index (χ4v) is 1.91. The van der Waals surface area contributed by atoms with E-state index >= 15 is 0 Å². The maximum atomic E-state index is 11.2. The number of ether oxygens (including phenoxy) is 1. The van der Waals surface area contributed by atoms with Gasteiger partial charge in [0.15, 0.2) is 6.10 Å². The van der Waals surface area contributed by atoms with Gasteiger partial charge in [0.1, 0.15) is 5.75 Å². The Kier molecular flexibility index (Phi) is 3.78. The lowest BCUT2D eigenvalue weighted by molar-refractivity contribution is -0.150. The number of aliphatic hydroxyl groups is 1. The molecule has 0 aliphatic carbocycles. The molecule has 0 aromatic heterocycles.